The summed E-state index contributed by atoms with van der Waals surface area (Å²) in [5.41, 5.74) is 0. The minimum atomic E-state index is 0. The van der Waals surface area contributed by atoms with Crippen LogP contribution in [-0.2, 0) is 4.79 Å². The second-order valence-electron chi connectivity index (χ2n) is 6.95. The summed E-state index contributed by atoms with van der Waals surface area (Å²) in [4.78, 5) is 10.1. The van der Waals surface area contributed by atoms with Crippen molar-refractivity contribution in [2.24, 2.45) is 11.8 Å². The summed E-state index contributed by atoms with van der Waals surface area (Å²) in [7, 11) is 2.07. The molecule has 0 unspecified atom stereocenters. The van der Waals surface area contributed by atoms with E-state index in [9.17, 15) is 4.79 Å². The fraction of sp³-hybridized carbons (Fsp3) is 0.947. The number of rotatable bonds is 5. The number of amides is 1. The minimum absolute atomic E-state index is 0. The van der Waals surface area contributed by atoms with Gasteiger partial charge < -0.3 is 10.6 Å². The van der Waals surface area contributed by atoms with E-state index >= 15 is 0 Å². The zero-order valence-electron chi connectivity index (χ0n) is 14.4. The predicted molar refractivity (Wildman–Crippen MR) is 97.1 cm³/mol. The van der Waals surface area contributed by atoms with Gasteiger partial charge in [0.1, 0.15) is 0 Å². The van der Waals surface area contributed by atoms with E-state index in [2.05, 4.69) is 31.5 Å². The highest BCUT2D eigenvalue weighted by atomic mass is 16.1. The summed E-state index contributed by atoms with van der Waals surface area (Å²) >= 11 is 0. The highest BCUT2D eigenvalue weighted by molar-refractivity contribution is 5.46. The molecule has 0 radical (unpaired) electrons. The Labute approximate surface area is 139 Å². The van der Waals surface area contributed by atoms with Crippen LogP contribution < -0.4 is 10.6 Å². The maximum Gasteiger partial charge on any atom is 0.207 e. The smallest absolute Gasteiger partial charge is 0.207 e. The number of hydrogen-bond donors (Lipinski definition) is 2. The van der Waals surface area contributed by atoms with Gasteiger partial charge in [0.25, 0.3) is 0 Å². The molecule has 2 fully saturated rings. The molecule has 2 N–H and O–H groups in total. The van der Waals surface area contributed by atoms with Crippen molar-refractivity contribution < 1.29 is 4.79 Å². The van der Waals surface area contributed by atoms with Gasteiger partial charge in [-0.15, -0.1) is 0 Å². The molecular weight excluding hydrogens is 272 g/mol. The fourth-order valence-electron chi connectivity index (χ4n) is 3.75. The molecule has 2 rings (SSSR count). The predicted octanol–water partition coefficient (Wildman–Crippen LogP) is 4.51. The number of hydrogen-bond acceptors (Lipinski definition) is 2. The molecule has 0 bridgehead atoms. The van der Waals surface area contributed by atoms with Crippen LogP contribution in [0.5, 0.6) is 0 Å². The summed E-state index contributed by atoms with van der Waals surface area (Å²) in [6, 6.07) is 1.12. The lowest BCUT2D eigenvalue weighted by atomic mass is 9.85. The molecule has 0 heterocycles. The average Bonchev–Trinajstić information content (AvgIpc) is 2.56. The summed E-state index contributed by atoms with van der Waals surface area (Å²) in [5.74, 6) is 1.69. The maximum atomic E-state index is 10.1. The topological polar surface area (TPSA) is 41.1 Å². The first-order valence-electron chi connectivity index (χ1n) is 9.06. The zero-order valence-corrected chi connectivity index (χ0v) is 14.4. The molecule has 2 aliphatic rings. The summed E-state index contributed by atoms with van der Waals surface area (Å²) in [6.45, 7) is 4.40. The summed E-state index contributed by atoms with van der Waals surface area (Å²) in [6.07, 6.45) is 14.7. The molecule has 3 heteroatoms. The zero-order chi connectivity index (χ0) is 15.5. The van der Waals surface area contributed by atoms with Crippen LogP contribution in [0.2, 0.25) is 0 Å². The Kier molecular flexibility index (Phi) is 12.6. The Morgan fingerprint density at radius 3 is 1.59 bits per heavy atom. The van der Waals surface area contributed by atoms with E-state index in [1.54, 1.807) is 0 Å². The maximum absolute atomic E-state index is 10.1. The lowest BCUT2D eigenvalue weighted by Crippen LogP contribution is -2.33. The SMILES string of the molecule is C.CN[C@H](C)C1CCCCC1.C[C@@H](NC=O)C1CCCCC1. The van der Waals surface area contributed by atoms with Gasteiger partial charge in [-0.3, -0.25) is 4.79 Å². The van der Waals surface area contributed by atoms with E-state index in [0.717, 1.165) is 24.3 Å². The molecule has 22 heavy (non-hydrogen) atoms. The Balaban J connectivity index is 0.000000385. The second-order valence-corrected chi connectivity index (χ2v) is 6.95. The molecule has 1 amide bonds. The first kappa shape index (κ1) is 21.4. The fourth-order valence-corrected chi connectivity index (χ4v) is 3.75. The lowest BCUT2D eigenvalue weighted by Gasteiger charge is -2.27. The molecule has 2 saturated carbocycles. The van der Waals surface area contributed by atoms with Gasteiger partial charge in [0, 0.05) is 12.1 Å². The Bertz CT molecular complexity index is 258. The van der Waals surface area contributed by atoms with Crippen LogP contribution in [0.3, 0.4) is 0 Å². The molecule has 0 aromatic heterocycles. The van der Waals surface area contributed by atoms with Gasteiger partial charge in [0.2, 0.25) is 6.41 Å². The monoisotopic (exact) mass is 312 g/mol. The van der Waals surface area contributed by atoms with Crippen molar-refractivity contribution in [2.75, 3.05) is 7.05 Å². The molecule has 0 aromatic carbocycles. The Hall–Kier alpha value is -0.570. The first-order chi connectivity index (χ1) is 10.2. The molecule has 3 nitrogen and oxygen atoms in total. The molecule has 0 saturated heterocycles. The van der Waals surface area contributed by atoms with Crippen LogP contribution in [0.1, 0.15) is 85.5 Å². The van der Waals surface area contributed by atoms with E-state index in [4.69, 9.17) is 0 Å². The summed E-state index contributed by atoms with van der Waals surface area (Å²) < 4.78 is 0. The van der Waals surface area contributed by atoms with Crippen molar-refractivity contribution in [1.82, 2.24) is 10.6 Å². The molecule has 0 spiro atoms. The number of carbonyl (C=O) groups is 1. The minimum Gasteiger partial charge on any atom is -0.356 e. The van der Waals surface area contributed by atoms with Gasteiger partial charge in [-0.25, -0.2) is 0 Å². The standard InChI is InChI=1S/C9H17NO.C9H19N.CH4/c1-8(10-7-11)9-5-3-2-4-6-9;1-8(10-2)9-6-4-3-5-7-9;/h7-9H,2-6H2,1H3,(H,10,11);8-10H,3-7H2,1-2H3;1H4/t2*8-;/m11./s1. The third-order valence-electron chi connectivity index (χ3n) is 5.50. The average molecular weight is 313 g/mol. The van der Waals surface area contributed by atoms with E-state index in [-0.39, 0.29) is 7.43 Å². The van der Waals surface area contributed by atoms with Crippen LogP contribution >= 0.6 is 0 Å². The quantitative estimate of drug-likeness (QED) is 0.733. The van der Waals surface area contributed by atoms with Crippen LogP contribution in [0.4, 0.5) is 0 Å². The van der Waals surface area contributed by atoms with Crippen LogP contribution in [0.15, 0.2) is 0 Å². The highest BCUT2D eigenvalue weighted by Gasteiger charge is 2.19. The van der Waals surface area contributed by atoms with Crippen molar-refractivity contribution in [2.45, 2.75) is 97.6 Å². The van der Waals surface area contributed by atoms with Crippen LogP contribution in [0.25, 0.3) is 0 Å². The van der Waals surface area contributed by atoms with Crippen molar-refractivity contribution in [3.05, 3.63) is 0 Å². The Morgan fingerprint density at radius 1 is 0.818 bits per heavy atom. The third-order valence-corrected chi connectivity index (χ3v) is 5.50. The highest BCUT2D eigenvalue weighted by Crippen LogP contribution is 2.26. The Morgan fingerprint density at radius 2 is 1.23 bits per heavy atom. The van der Waals surface area contributed by atoms with Gasteiger partial charge in [-0.1, -0.05) is 46.0 Å². The van der Waals surface area contributed by atoms with Crippen molar-refractivity contribution in [1.29, 1.82) is 0 Å². The van der Waals surface area contributed by atoms with Gasteiger partial charge in [0.05, 0.1) is 0 Å². The second kappa shape index (κ2) is 12.9. The molecular formula is C19H40N2O. The molecule has 2 atom stereocenters. The van der Waals surface area contributed by atoms with Crippen molar-refractivity contribution in [3.63, 3.8) is 0 Å². The van der Waals surface area contributed by atoms with Crippen molar-refractivity contribution >= 4 is 6.41 Å². The van der Waals surface area contributed by atoms with Crippen LogP contribution in [-0.4, -0.2) is 25.5 Å². The van der Waals surface area contributed by atoms with Crippen LogP contribution in [0, 0.1) is 11.8 Å². The normalized spacial score (nSPS) is 22.5. The largest absolute Gasteiger partial charge is 0.356 e. The molecule has 132 valence electrons. The molecule has 0 aromatic rings. The molecule has 2 aliphatic carbocycles. The van der Waals surface area contributed by atoms with Gasteiger partial charge in [0.15, 0.2) is 0 Å². The van der Waals surface area contributed by atoms with E-state index < -0.39 is 0 Å². The van der Waals surface area contributed by atoms with E-state index in [1.165, 1.54) is 64.2 Å². The van der Waals surface area contributed by atoms with E-state index in [1.807, 2.05) is 0 Å². The lowest BCUT2D eigenvalue weighted by molar-refractivity contribution is -0.110. The van der Waals surface area contributed by atoms with Gasteiger partial charge >= 0.3 is 0 Å². The van der Waals surface area contributed by atoms with Gasteiger partial charge in [-0.05, 0) is 58.4 Å². The molecule has 0 aliphatic heterocycles. The van der Waals surface area contributed by atoms with Crippen molar-refractivity contribution in [3.8, 4) is 0 Å². The first-order valence-corrected chi connectivity index (χ1v) is 9.06. The number of carbonyl (C=O) groups excluding carboxylic acids is 1. The summed E-state index contributed by atoms with van der Waals surface area (Å²) in [5, 5.41) is 6.17. The van der Waals surface area contributed by atoms with E-state index in [0.29, 0.717) is 6.04 Å². The number of nitrogens with one attached hydrogen (secondary N) is 2. The van der Waals surface area contributed by atoms with Gasteiger partial charge in [-0.2, -0.15) is 0 Å². The third kappa shape index (κ3) is 8.17.